The smallest absolute Gasteiger partial charge is 0.545 e. The van der Waals surface area contributed by atoms with Crippen molar-refractivity contribution in [3.63, 3.8) is 0 Å². The van der Waals surface area contributed by atoms with Crippen LogP contribution in [0.5, 0.6) is 5.75 Å². The van der Waals surface area contributed by atoms with E-state index in [-0.39, 0.29) is 35.1 Å². The summed E-state index contributed by atoms with van der Waals surface area (Å²) in [5.74, 6) is 0.186. The van der Waals surface area contributed by atoms with Gasteiger partial charge in [-0.2, -0.15) is 0 Å². The second-order valence-electron chi connectivity index (χ2n) is 8.37. The molecule has 3 heterocycles. The van der Waals surface area contributed by atoms with Crippen LogP contribution >= 0.6 is 0 Å². The number of carboxylic acids is 1. The van der Waals surface area contributed by atoms with Gasteiger partial charge in [0.05, 0.1) is 23.5 Å². The molecule has 2 aromatic carbocycles. The fraction of sp³-hybridized carbons (Fsp3) is 0.333. The molecule has 0 amide bonds. The maximum absolute atomic E-state index is 12.2. The van der Waals surface area contributed by atoms with Crippen molar-refractivity contribution in [2.45, 2.75) is 26.7 Å². The Balaban J connectivity index is 0.00000111. The molecule has 0 unspecified atom stereocenters. The summed E-state index contributed by atoms with van der Waals surface area (Å²) in [5.41, 5.74) is 3.61. The number of benzene rings is 2. The summed E-state index contributed by atoms with van der Waals surface area (Å²) < 4.78 is 17.6. The molecule has 0 radical (unpaired) electrons. The third kappa shape index (κ3) is 5.55. The van der Waals surface area contributed by atoms with Gasteiger partial charge in [0.25, 0.3) is 0 Å². The molecule has 5 rings (SSSR count). The summed E-state index contributed by atoms with van der Waals surface area (Å²) >= 11 is 0. The van der Waals surface area contributed by atoms with Crippen LogP contribution in [-0.4, -0.2) is 43.0 Å². The number of nitrogens with zero attached hydrogens (tertiary/aromatic N) is 1. The summed E-state index contributed by atoms with van der Waals surface area (Å²) in [5, 5.41) is 20.6. The molecular weight excluding hydrogens is 457 g/mol. The van der Waals surface area contributed by atoms with Crippen LogP contribution in [0.2, 0.25) is 0 Å². The summed E-state index contributed by atoms with van der Waals surface area (Å²) in [6, 6.07) is 13.0. The maximum atomic E-state index is 12.2. The zero-order chi connectivity index (χ0) is 24.2. The van der Waals surface area contributed by atoms with E-state index in [2.05, 4.69) is 0 Å². The van der Waals surface area contributed by atoms with Crippen LogP contribution in [0.1, 0.15) is 34.3 Å². The van der Waals surface area contributed by atoms with Gasteiger partial charge in [0.15, 0.2) is 5.76 Å². The van der Waals surface area contributed by atoms with E-state index in [0.29, 0.717) is 40.6 Å². The van der Waals surface area contributed by atoms with Crippen LogP contribution in [0.25, 0.3) is 33.3 Å². The second-order valence-corrected chi connectivity index (χ2v) is 8.37. The number of carbonyl (C=O) groups excluding carboxylic acids is 1. The molecule has 178 valence electrons. The number of carboxylic acid groups (broad SMARTS) is 1. The number of para-hydroxylation sites is 1. The molecule has 1 N–H and O–H groups in total. The van der Waals surface area contributed by atoms with Gasteiger partial charge in [-0.25, -0.2) is 4.98 Å². The van der Waals surface area contributed by atoms with Gasteiger partial charge >= 0.3 is 29.6 Å². The molecule has 4 aromatic rings. The van der Waals surface area contributed by atoms with Crippen molar-refractivity contribution in [3.05, 3.63) is 59.2 Å². The van der Waals surface area contributed by atoms with Crippen LogP contribution in [0, 0.1) is 19.8 Å². The van der Waals surface area contributed by atoms with Crippen molar-refractivity contribution < 1.29 is 58.5 Å². The SMILES string of the molecule is CO.Cc1c(-c2cc(C(=O)[O-])c3c(OCC4CCOCC4)ccc(C)c3n2)oc2ccccc12.[Na+]. The zero-order valence-electron chi connectivity index (χ0n) is 20.6. The molecular formula is C27H28NNaO6. The molecule has 7 nitrogen and oxygen atoms in total. The maximum Gasteiger partial charge on any atom is 1.00 e. The zero-order valence-corrected chi connectivity index (χ0v) is 22.6. The minimum Gasteiger partial charge on any atom is -0.545 e. The van der Waals surface area contributed by atoms with Crippen LogP contribution in [0.3, 0.4) is 0 Å². The van der Waals surface area contributed by atoms with Gasteiger partial charge in [-0.3, -0.25) is 0 Å². The number of hydrogen-bond acceptors (Lipinski definition) is 7. The quantitative estimate of drug-likeness (QED) is 0.421. The third-order valence-corrected chi connectivity index (χ3v) is 6.24. The summed E-state index contributed by atoms with van der Waals surface area (Å²) in [6.07, 6.45) is 1.87. The summed E-state index contributed by atoms with van der Waals surface area (Å²) in [6.45, 7) is 5.83. The van der Waals surface area contributed by atoms with Crippen molar-refractivity contribution in [1.29, 1.82) is 0 Å². The molecule has 0 spiro atoms. The van der Waals surface area contributed by atoms with Gasteiger partial charge in [0.1, 0.15) is 17.0 Å². The first-order valence-corrected chi connectivity index (χ1v) is 11.3. The van der Waals surface area contributed by atoms with Crippen molar-refractivity contribution in [1.82, 2.24) is 4.98 Å². The predicted molar refractivity (Wildman–Crippen MR) is 128 cm³/mol. The van der Waals surface area contributed by atoms with Gasteiger partial charge < -0.3 is 28.9 Å². The normalized spacial score (nSPS) is 13.7. The number of aryl methyl sites for hydroxylation is 2. The molecule has 35 heavy (non-hydrogen) atoms. The van der Waals surface area contributed by atoms with Crippen LogP contribution in [0.15, 0.2) is 46.9 Å². The minimum atomic E-state index is -1.27. The Morgan fingerprint density at radius 3 is 2.54 bits per heavy atom. The average molecular weight is 486 g/mol. The van der Waals surface area contributed by atoms with E-state index in [4.69, 9.17) is 24.0 Å². The first-order chi connectivity index (χ1) is 16.5. The Bertz CT molecular complexity index is 1330. The molecule has 1 aliphatic heterocycles. The van der Waals surface area contributed by atoms with E-state index < -0.39 is 5.97 Å². The van der Waals surface area contributed by atoms with Crippen molar-refractivity contribution in [2.75, 3.05) is 26.9 Å². The summed E-state index contributed by atoms with van der Waals surface area (Å²) in [4.78, 5) is 17.0. The van der Waals surface area contributed by atoms with Crippen LogP contribution < -0.4 is 39.4 Å². The molecule has 1 aliphatic rings. The Hall–Kier alpha value is -2.42. The number of ether oxygens (including phenoxy) is 2. The Kier molecular flexibility index (Phi) is 9.33. The Morgan fingerprint density at radius 2 is 1.86 bits per heavy atom. The van der Waals surface area contributed by atoms with Crippen molar-refractivity contribution in [3.8, 4) is 17.2 Å². The van der Waals surface area contributed by atoms with Crippen molar-refractivity contribution in [2.24, 2.45) is 5.92 Å². The number of rotatable bonds is 5. The predicted octanol–water partition coefficient (Wildman–Crippen LogP) is 1.05. The van der Waals surface area contributed by atoms with E-state index in [1.807, 2.05) is 50.2 Å². The van der Waals surface area contributed by atoms with E-state index in [1.165, 1.54) is 6.07 Å². The average Bonchev–Trinajstić information content (AvgIpc) is 3.21. The van der Waals surface area contributed by atoms with Gasteiger partial charge in [0, 0.05) is 36.8 Å². The Morgan fingerprint density at radius 1 is 1.14 bits per heavy atom. The molecule has 8 heteroatoms. The van der Waals surface area contributed by atoms with Crippen LogP contribution in [-0.2, 0) is 4.74 Å². The number of furan rings is 1. The van der Waals surface area contributed by atoms with Gasteiger partial charge in [-0.1, -0.05) is 24.3 Å². The molecule has 2 aromatic heterocycles. The first kappa shape index (κ1) is 27.2. The van der Waals surface area contributed by atoms with Crippen molar-refractivity contribution >= 4 is 27.8 Å². The number of carbonyl (C=O) groups is 1. The third-order valence-electron chi connectivity index (χ3n) is 6.24. The molecule has 1 fully saturated rings. The fourth-order valence-corrected chi connectivity index (χ4v) is 4.38. The van der Waals surface area contributed by atoms with E-state index in [1.54, 1.807) is 0 Å². The first-order valence-electron chi connectivity index (χ1n) is 11.3. The topological polar surface area (TPSA) is 105 Å². The van der Waals surface area contributed by atoms with E-state index in [0.717, 1.165) is 55.3 Å². The van der Waals surface area contributed by atoms with Gasteiger partial charge in [-0.15, -0.1) is 0 Å². The van der Waals surface area contributed by atoms with Gasteiger partial charge in [0.2, 0.25) is 0 Å². The standard InChI is InChI=1S/C26H25NO5.CH4O.Na/c1-15-7-8-22(31-14-17-9-11-30-12-10-17)23-19(26(28)29)13-20(27-24(15)23)25-16(2)18-5-3-4-6-21(18)32-25;1-2;/h3-8,13,17H,9-12,14H2,1-2H3,(H,28,29);2H,1H3;/q;;+1/p-1. The largest absolute Gasteiger partial charge is 1.00 e. The number of pyridine rings is 1. The van der Waals surface area contributed by atoms with E-state index in [9.17, 15) is 9.90 Å². The number of aliphatic hydroxyl groups excluding tert-OH is 1. The number of fused-ring (bicyclic) bond motifs is 2. The van der Waals surface area contributed by atoms with Gasteiger partial charge in [-0.05, 0) is 56.4 Å². The van der Waals surface area contributed by atoms with Crippen LogP contribution in [0.4, 0.5) is 0 Å². The molecule has 0 bridgehead atoms. The number of aromatic carboxylic acids is 1. The number of aliphatic hydroxyl groups is 1. The minimum absolute atomic E-state index is 0. The summed E-state index contributed by atoms with van der Waals surface area (Å²) in [7, 11) is 1.00. The van der Waals surface area contributed by atoms with E-state index >= 15 is 0 Å². The fourth-order valence-electron chi connectivity index (χ4n) is 4.38. The second kappa shape index (κ2) is 12.0. The molecule has 0 atom stereocenters. The molecule has 1 saturated heterocycles. The molecule has 0 saturated carbocycles. The Labute approximate surface area is 226 Å². The molecule has 0 aliphatic carbocycles. The monoisotopic (exact) mass is 485 g/mol. The number of hydrogen-bond donors (Lipinski definition) is 1. The number of aromatic nitrogens is 1.